The van der Waals surface area contributed by atoms with Crippen molar-refractivity contribution in [2.45, 2.75) is 70.9 Å². The van der Waals surface area contributed by atoms with Gasteiger partial charge in [0, 0.05) is 0 Å². The lowest BCUT2D eigenvalue weighted by Crippen LogP contribution is -2.54. The predicted molar refractivity (Wildman–Crippen MR) is 80.7 cm³/mol. The average Bonchev–Trinajstić information content (AvgIpc) is 2.50. The van der Waals surface area contributed by atoms with Gasteiger partial charge in [-0.15, -0.1) is 0 Å². The van der Waals surface area contributed by atoms with Crippen LogP contribution in [0.15, 0.2) is 0 Å². The summed E-state index contributed by atoms with van der Waals surface area (Å²) >= 11 is 0. The number of methoxy groups -OCH3 is 1. The molecular formula is C16H31NO3. The van der Waals surface area contributed by atoms with Gasteiger partial charge in [0.2, 0.25) is 0 Å². The van der Waals surface area contributed by atoms with E-state index in [1.54, 1.807) is 0 Å². The third kappa shape index (κ3) is 4.74. The third-order valence-corrected chi connectivity index (χ3v) is 4.35. The Morgan fingerprint density at radius 3 is 2.60 bits per heavy atom. The summed E-state index contributed by atoms with van der Waals surface area (Å²) < 4.78 is 11.0. The second-order valence-electron chi connectivity index (χ2n) is 6.05. The summed E-state index contributed by atoms with van der Waals surface area (Å²) in [5.41, 5.74) is -0.736. The van der Waals surface area contributed by atoms with Crippen LogP contribution in [0.4, 0.5) is 0 Å². The topological polar surface area (TPSA) is 47.6 Å². The zero-order valence-corrected chi connectivity index (χ0v) is 13.5. The number of carbonyl (C=O) groups excluding carboxylic acids is 1. The SMILES string of the molecule is CCCNC(C)(COC1CCCCC1CC)C(=O)OC. The number of ether oxygens (including phenoxy) is 2. The molecule has 1 aliphatic rings. The summed E-state index contributed by atoms with van der Waals surface area (Å²) in [6, 6.07) is 0. The molecule has 118 valence electrons. The van der Waals surface area contributed by atoms with E-state index in [1.807, 2.05) is 6.92 Å². The summed E-state index contributed by atoms with van der Waals surface area (Å²) in [6.45, 7) is 7.36. The van der Waals surface area contributed by atoms with Crippen LogP contribution in [0.1, 0.15) is 59.3 Å². The highest BCUT2D eigenvalue weighted by Crippen LogP contribution is 2.29. The van der Waals surface area contributed by atoms with Gasteiger partial charge < -0.3 is 14.8 Å². The van der Waals surface area contributed by atoms with Crippen molar-refractivity contribution >= 4 is 5.97 Å². The highest BCUT2D eigenvalue weighted by atomic mass is 16.5. The normalized spacial score (nSPS) is 26.0. The van der Waals surface area contributed by atoms with Gasteiger partial charge in [-0.1, -0.05) is 33.1 Å². The van der Waals surface area contributed by atoms with Crippen molar-refractivity contribution in [1.29, 1.82) is 0 Å². The van der Waals surface area contributed by atoms with Crippen molar-refractivity contribution in [3.63, 3.8) is 0 Å². The molecule has 3 unspecified atom stereocenters. The van der Waals surface area contributed by atoms with Crippen molar-refractivity contribution in [1.82, 2.24) is 5.32 Å². The molecule has 1 N–H and O–H groups in total. The Hall–Kier alpha value is -0.610. The van der Waals surface area contributed by atoms with Gasteiger partial charge in [0.25, 0.3) is 0 Å². The monoisotopic (exact) mass is 285 g/mol. The molecule has 0 aliphatic heterocycles. The first-order valence-electron chi connectivity index (χ1n) is 8.02. The maximum Gasteiger partial charge on any atom is 0.328 e. The first-order valence-corrected chi connectivity index (χ1v) is 8.02. The molecule has 1 aliphatic carbocycles. The molecule has 0 amide bonds. The summed E-state index contributed by atoms with van der Waals surface area (Å²) in [7, 11) is 1.43. The van der Waals surface area contributed by atoms with E-state index in [4.69, 9.17) is 9.47 Å². The van der Waals surface area contributed by atoms with E-state index in [1.165, 1.54) is 26.4 Å². The van der Waals surface area contributed by atoms with Crippen molar-refractivity contribution in [3.8, 4) is 0 Å². The molecule has 1 saturated carbocycles. The molecule has 0 aromatic carbocycles. The van der Waals surface area contributed by atoms with Gasteiger partial charge in [0.1, 0.15) is 5.54 Å². The fourth-order valence-electron chi connectivity index (χ4n) is 2.94. The zero-order chi connectivity index (χ0) is 15.0. The van der Waals surface area contributed by atoms with Gasteiger partial charge in [-0.05, 0) is 38.6 Å². The Morgan fingerprint density at radius 1 is 1.30 bits per heavy atom. The Bertz CT molecular complexity index is 295. The lowest BCUT2D eigenvalue weighted by atomic mass is 9.84. The standard InChI is InChI=1S/C16H31NO3/c1-5-11-17-16(3,15(18)19-4)12-20-14-10-8-7-9-13(14)6-2/h13-14,17H,5-12H2,1-4H3. The van der Waals surface area contributed by atoms with Crippen molar-refractivity contribution in [2.24, 2.45) is 5.92 Å². The lowest BCUT2D eigenvalue weighted by molar-refractivity contribution is -0.152. The minimum atomic E-state index is -0.736. The first kappa shape index (κ1) is 17.4. The van der Waals surface area contributed by atoms with Crippen LogP contribution in [0.3, 0.4) is 0 Å². The molecular weight excluding hydrogens is 254 g/mol. The molecule has 0 radical (unpaired) electrons. The van der Waals surface area contributed by atoms with Crippen LogP contribution in [0.25, 0.3) is 0 Å². The van der Waals surface area contributed by atoms with Crippen LogP contribution in [0.2, 0.25) is 0 Å². The molecule has 0 heterocycles. The Kier molecular flexibility index (Phi) is 7.52. The van der Waals surface area contributed by atoms with Gasteiger partial charge in [-0.2, -0.15) is 0 Å². The molecule has 0 bridgehead atoms. The maximum absolute atomic E-state index is 12.0. The van der Waals surface area contributed by atoms with E-state index < -0.39 is 5.54 Å². The van der Waals surface area contributed by atoms with E-state index in [0.29, 0.717) is 18.6 Å². The maximum atomic E-state index is 12.0. The fourth-order valence-corrected chi connectivity index (χ4v) is 2.94. The van der Waals surface area contributed by atoms with Crippen molar-refractivity contribution < 1.29 is 14.3 Å². The van der Waals surface area contributed by atoms with E-state index in [-0.39, 0.29) is 5.97 Å². The second kappa shape index (κ2) is 8.63. The summed E-state index contributed by atoms with van der Waals surface area (Å²) in [6.07, 6.45) is 7.33. The molecule has 20 heavy (non-hydrogen) atoms. The summed E-state index contributed by atoms with van der Waals surface area (Å²) in [4.78, 5) is 12.0. The van der Waals surface area contributed by atoms with Crippen LogP contribution in [0.5, 0.6) is 0 Å². The zero-order valence-electron chi connectivity index (χ0n) is 13.5. The van der Waals surface area contributed by atoms with Crippen LogP contribution >= 0.6 is 0 Å². The van der Waals surface area contributed by atoms with Gasteiger partial charge in [0.05, 0.1) is 19.8 Å². The molecule has 0 saturated heterocycles. The van der Waals surface area contributed by atoms with Crippen LogP contribution in [0, 0.1) is 5.92 Å². The van der Waals surface area contributed by atoms with E-state index in [9.17, 15) is 4.79 Å². The third-order valence-electron chi connectivity index (χ3n) is 4.35. The summed E-state index contributed by atoms with van der Waals surface area (Å²) in [5, 5.41) is 3.27. The fraction of sp³-hybridized carbons (Fsp3) is 0.938. The lowest BCUT2D eigenvalue weighted by Gasteiger charge is -2.35. The van der Waals surface area contributed by atoms with Crippen LogP contribution in [-0.4, -0.2) is 37.9 Å². The molecule has 1 fully saturated rings. The Balaban J connectivity index is 2.58. The Labute approximate surface area is 123 Å². The number of hydrogen-bond donors (Lipinski definition) is 1. The molecule has 0 spiro atoms. The van der Waals surface area contributed by atoms with Gasteiger partial charge in [0.15, 0.2) is 0 Å². The molecule has 3 atom stereocenters. The molecule has 0 aromatic heterocycles. The number of rotatable bonds is 8. The van der Waals surface area contributed by atoms with Crippen molar-refractivity contribution in [2.75, 3.05) is 20.3 Å². The van der Waals surface area contributed by atoms with E-state index in [2.05, 4.69) is 19.2 Å². The van der Waals surface area contributed by atoms with Crippen LogP contribution < -0.4 is 5.32 Å². The van der Waals surface area contributed by atoms with Gasteiger partial charge in [-0.3, -0.25) is 0 Å². The highest BCUT2D eigenvalue weighted by Gasteiger charge is 2.36. The largest absolute Gasteiger partial charge is 0.468 e. The highest BCUT2D eigenvalue weighted by molar-refractivity contribution is 5.80. The average molecular weight is 285 g/mol. The number of nitrogens with one attached hydrogen (secondary N) is 1. The minimum Gasteiger partial charge on any atom is -0.468 e. The smallest absolute Gasteiger partial charge is 0.328 e. The molecule has 0 aromatic rings. The first-order chi connectivity index (χ1) is 9.57. The quantitative estimate of drug-likeness (QED) is 0.697. The van der Waals surface area contributed by atoms with E-state index in [0.717, 1.165) is 25.8 Å². The molecule has 4 heteroatoms. The van der Waals surface area contributed by atoms with Gasteiger partial charge >= 0.3 is 5.97 Å². The summed E-state index contributed by atoms with van der Waals surface area (Å²) in [5.74, 6) is 0.395. The molecule has 1 rings (SSSR count). The number of carbonyl (C=O) groups is 1. The molecule has 4 nitrogen and oxygen atoms in total. The predicted octanol–water partition coefficient (Wildman–Crippen LogP) is 2.90. The number of esters is 1. The van der Waals surface area contributed by atoms with Crippen LogP contribution in [-0.2, 0) is 14.3 Å². The second-order valence-corrected chi connectivity index (χ2v) is 6.05. The van der Waals surface area contributed by atoms with Gasteiger partial charge in [-0.25, -0.2) is 4.79 Å². The Morgan fingerprint density at radius 2 is 2.00 bits per heavy atom. The number of hydrogen-bond acceptors (Lipinski definition) is 4. The minimum absolute atomic E-state index is 0.241. The van der Waals surface area contributed by atoms with Crippen molar-refractivity contribution in [3.05, 3.63) is 0 Å². The van der Waals surface area contributed by atoms with E-state index >= 15 is 0 Å².